The number of rotatable bonds is 5. The van der Waals surface area contributed by atoms with Gasteiger partial charge in [0.2, 0.25) is 0 Å². The molecule has 1 amide bonds. The molecule has 1 heterocycles. The summed E-state index contributed by atoms with van der Waals surface area (Å²) in [6, 6.07) is 16.6. The third-order valence-electron chi connectivity index (χ3n) is 3.66. The number of hydrogen-bond acceptors (Lipinski definition) is 5. The van der Waals surface area contributed by atoms with Crippen LogP contribution in [0.5, 0.6) is 0 Å². The molecule has 0 saturated carbocycles. The highest BCUT2D eigenvalue weighted by molar-refractivity contribution is 5.94. The first-order valence-electron chi connectivity index (χ1n) is 7.78. The van der Waals surface area contributed by atoms with E-state index in [1.165, 1.54) is 18.3 Å². The van der Waals surface area contributed by atoms with Crippen molar-refractivity contribution in [2.45, 2.75) is 6.92 Å². The maximum Gasteiger partial charge on any atom is 0.271 e. The van der Waals surface area contributed by atoms with E-state index in [2.05, 4.69) is 10.5 Å². The van der Waals surface area contributed by atoms with Crippen LogP contribution in [-0.2, 0) is 0 Å². The number of carbonyl (C=O) groups is 1. The fourth-order valence-electron chi connectivity index (χ4n) is 2.25. The molecule has 26 heavy (non-hydrogen) atoms. The second kappa shape index (κ2) is 7.43. The van der Waals surface area contributed by atoms with Crippen molar-refractivity contribution in [2.24, 2.45) is 5.10 Å². The number of furan rings is 1. The van der Waals surface area contributed by atoms with Crippen LogP contribution in [0.2, 0.25) is 0 Å². The van der Waals surface area contributed by atoms with Crippen molar-refractivity contribution >= 4 is 17.8 Å². The zero-order valence-corrected chi connectivity index (χ0v) is 13.9. The van der Waals surface area contributed by atoms with Crippen LogP contribution in [0.25, 0.3) is 11.3 Å². The molecule has 0 aliphatic rings. The second-order valence-electron chi connectivity index (χ2n) is 5.57. The highest BCUT2D eigenvalue weighted by Gasteiger charge is 2.08. The summed E-state index contributed by atoms with van der Waals surface area (Å²) in [7, 11) is 0. The van der Waals surface area contributed by atoms with E-state index in [9.17, 15) is 14.9 Å². The number of carbonyl (C=O) groups excluding carboxylic acids is 1. The Morgan fingerprint density at radius 2 is 1.77 bits per heavy atom. The molecular weight excluding hydrogens is 334 g/mol. The van der Waals surface area contributed by atoms with Crippen molar-refractivity contribution in [3.63, 3.8) is 0 Å². The minimum atomic E-state index is -0.458. The van der Waals surface area contributed by atoms with Gasteiger partial charge in [-0.15, -0.1) is 0 Å². The van der Waals surface area contributed by atoms with Crippen LogP contribution in [0.15, 0.2) is 70.2 Å². The normalized spacial score (nSPS) is 10.8. The predicted octanol–water partition coefficient (Wildman–Crippen LogP) is 3.93. The lowest BCUT2D eigenvalue weighted by atomic mass is 10.1. The maximum absolute atomic E-state index is 11.9. The zero-order chi connectivity index (χ0) is 18.5. The van der Waals surface area contributed by atoms with Gasteiger partial charge in [-0.3, -0.25) is 14.9 Å². The molecule has 0 atom stereocenters. The molecule has 0 aliphatic heterocycles. The quantitative estimate of drug-likeness (QED) is 0.429. The Balaban J connectivity index is 1.64. The first kappa shape index (κ1) is 17.1. The topological polar surface area (TPSA) is 97.7 Å². The van der Waals surface area contributed by atoms with Gasteiger partial charge in [0.05, 0.1) is 11.1 Å². The summed E-state index contributed by atoms with van der Waals surface area (Å²) in [5.41, 5.74) is 4.74. The average Bonchev–Trinajstić information content (AvgIpc) is 3.11. The lowest BCUT2D eigenvalue weighted by Crippen LogP contribution is -2.17. The Hall–Kier alpha value is -3.74. The maximum atomic E-state index is 11.9. The molecule has 0 aliphatic carbocycles. The summed E-state index contributed by atoms with van der Waals surface area (Å²) >= 11 is 0. The summed E-state index contributed by atoms with van der Waals surface area (Å²) < 4.78 is 5.60. The van der Waals surface area contributed by atoms with Gasteiger partial charge in [-0.1, -0.05) is 17.7 Å². The van der Waals surface area contributed by atoms with E-state index in [4.69, 9.17) is 4.42 Å². The largest absolute Gasteiger partial charge is 0.455 e. The standard InChI is InChI=1S/C19H15N3O4/c1-13-2-4-15(5-3-13)19(23)21-20-12-17-10-11-18(26-17)14-6-8-16(9-7-14)22(24)25/h2-12H,1H3,(H,21,23). The number of benzene rings is 2. The van der Waals surface area contributed by atoms with Gasteiger partial charge in [0.25, 0.3) is 11.6 Å². The average molecular weight is 349 g/mol. The molecule has 3 rings (SSSR count). The third-order valence-corrected chi connectivity index (χ3v) is 3.66. The summed E-state index contributed by atoms with van der Waals surface area (Å²) in [5.74, 6) is 0.678. The van der Waals surface area contributed by atoms with Gasteiger partial charge in [0, 0.05) is 23.3 Å². The molecule has 1 aromatic heterocycles. The molecule has 3 aromatic rings. The lowest BCUT2D eigenvalue weighted by Gasteiger charge is -1.99. The van der Waals surface area contributed by atoms with Gasteiger partial charge in [-0.25, -0.2) is 5.43 Å². The number of non-ortho nitro benzene ring substituents is 1. The van der Waals surface area contributed by atoms with Gasteiger partial charge in [0.15, 0.2) is 0 Å². The molecule has 0 saturated heterocycles. The highest BCUT2D eigenvalue weighted by Crippen LogP contribution is 2.23. The van der Waals surface area contributed by atoms with E-state index in [1.54, 1.807) is 36.4 Å². The van der Waals surface area contributed by atoms with E-state index in [0.717, 1.165) is 5.56 Å². The van der Waals surface area contributed by atoms with Gasteiger partial charge >= 0.3 is 0 Å². The van der Waals surface area contributed by atoms with Crippen molar-refractivity contribution in [1.29, 1.82) is 0 Å². The number of hydrazone groups is 1. The molecule has 7 nitrogen and oxygen atoms in total. The minimum absolute atomic E-state index is 0.0147. The van der Waals surface area contributed by atoms with Crippen LogP contribution < -0.4 is 5.43 Å². The molecule has 0 radical (unpaired) electrons. The summed E-state index contributed by atoms with van der Waals surface area (Å²) in [5, 5.41) is 14.6. The van der Waals surface area contributed by atoms with Crippen molar-refractivity contribution < 1.29 is 14.1 Å². The summed E-state index contributed by atoms with van der Waals surface area (Å²) in [6.07, 6.45) is 1.39. The molecule has 1 N–H and O–H groups in total. The number of nitro benzene ring substituents is 1. The van der Waals surface area contributed by atoms with Crippen LogP contribution >= 0.6 is 0 Å². The van der Waals surface area contributed by atoms with Crippen molar-refractivity contribution in [3.05, 3.63) is 87.7 Å². The van der Waals surface area contributed by atoms with E-state index in [-0.39, 0.29) is 11.6 Å². The Kier molecular flexibility index (Phi) is 4.89. The molecule has 0 bridgehead atoms. The molecular formula is C19H15N3O4. The third kappa shape index (κ3) is 4.02. The van der Waals surface area contributed by atoms with Crippen molar-refractivity contribution in [1.82, 2.24) is 5.43 Å². The van der Waals surface area contributed by atoms with E-state index < -0.39 is 4.92 Å². The van der Waals surface area contributed by atoms with Crippen molar-refractivity contribution in [2.75, 3.05) is 0 Å². The molecule has 7 heteroatoms. The molecule has 130 valence electrons. The van der Waals surface area contributed by atoms with E-state index >= 15 is 0 Å². The molecule has 0 spiro atoms. The smallest absolute Gasteiger partial charge is 0.271 e. The SMILES string of the molecule is Cc1ccc(C(=O)NN=Cc2ccc(-c3ccc([N+](=O)[O-])cc3)o2)cc1. The summed E-state index contributed by atoms with van der Waals surface area (Å²) in [6.45, 7) is 1.94. The van der Waals surface area contributed by atoms with E-state index in [0.29, 0.717) is 22.6 Å². The number of nitrogens with one attached hydrogen (secondary N) is 1. The molecule has 0 fully saturated rings. The fourth-order valence-corrected chi connectivity index (χ4v) is 2.25. The van der Waals surface area contributed by atoms with Gasteiger partial charge in [-0.2, -0.15) is 5.10 Å². The Bertz CT molecular complexity index is 957. The monoisotopic (exact) mass is 349 g/mol. The Morgan fingerprint density at radius 3 is 2.42 bits per heavy atom. The van der Waals surface area contributed by atoms with Crippen LogP contribution in [0.3, 0.4) is 0 Å². The van der Waals surface area contributed by atoms with E-state index in [1.807, 2.05) is 19.1 Å². The van der Waals surface area contributed by atoms with Gasteiger partial charge in [-0.05, 0) is 43.3 Å². The highest BCUT2D eigenvalue weighted by atomic mass is 16.6. The van der Waals surface area contributed by atoms with Crippen LogP contribution in [0.4, 0.5) is 5.69 Å². The number of nitrogens with zero attached hydrogens (tertiary/aromatic N) is 2. The predicted molar refractivity (Wildman–Crippen MR) is 97.0 cm³/mol. The fraction of sp³-hybridized carbons (Fsp3) is 0.0526. The van der Waals surface area contributed by atoms with Crippen LogP contribution in [0.1, 0.15) is 21.7 Å². The zero-order valence-electron chi connectivity index (χ0n) is 13.9. The summed E-state index contributed by atoms with van der Waals surface area (Å²) in [4.78, 5) is 22.2. The molecule has 2 aromatic carbocycles. The van der Waals surface area contributed by atoms with Gasteiger partial charge < -0.3 is 4.42 Å². The number of hydrogen-bond donors (Lipinski definition) is 1. The van der Waals surface area contributed by atoms with Crippen LogP contribution in [0, 0.1) is 17.0 Å². The van der Waals surface area contributed by atoms with Gasteiger partial charge in [0.1, 0.15) is 11.5 Å². The number of amides is 1. The first-order chi connectivity index (χ1) is 12.5. The van der Waals surface area contributed by atoms with Crippen LogP contribution in [-0.4, -0.2) is 17.0 Å². The lowest BCUT2D eigenvalue weighted by molar-refractivity contribution is -0.384. The van der Waals surface area contributed by atoms with Crippen molar-refractivity contribution in [3.8, 4) is 11.3 Å². The molecule has 0 unspecified atom stereocenters. The Morgan fingerprint density at radius 1 is 1.08 bits per heavy atom. The minimum Gasteiger partial charge on any atom is -0.455 e. The Labute approximate surface area is 149 Å². The number of nitro groups is 1. The second-order valence-corrected chi connectivity index (χ2v) is 5.57. The number of aryl methyl sites for hydroxylation is 1. The first-order valence-corrected chi connectivity index (χ1v) is 7.78.